The number of nitrogens with zero attached hydrogens (tertiary/aromatic N) is 1. The van der Waals surface area contributed by atoms with E-state index < -0.39 is 0 Å². The average Bonchev–Trinajstić information content (AvgIpc) is 2.62. The predicted molar refractivity (Wildman–Crippen MR) is 62.3 cm³/mol. The Morgan fingerprint density at radius 2 is 1.93 bits per heavy atom. The Kier molecular flexibility index (Phi) is 2.64. The van der Waals surface area contributed by atoms with Gasteiger partial charge in [-0.2, -0.15) is 0 Å². The lowest BCUT2D eigenvalue weighted by molar-refractivity contribution is 0.101. The van der Waals surface area contributed by atoms with Gasteiger partial charge in [-0.05, 0) is 6.92 Å². The Balaban J connectivity index is 2.50. The van der Waals surface area contributed by atoms with E-state index in [4.69, 9.17) is 0 Å². The molecule has 0 saturated heterocycles. The van der Waals surface area contributed by atoms with Crippen LogP contribution in [0.25, 0.3) is 11.3 Å². The molecule has 15 heavy (non-hydrogen) atoms. The van der Waals surface area contributed by atoms with E-state index in [0.29, 0.717) is 5.01 Å². The minimum Gasteiger partial charge on any atom is -0.292 e. The monoisotopic (exact) mass is 217 g/mol. The number of carbonyl (C=O) groups is 1. The second-order valence-electron chi connectivity index (χ2n) is 3.35. The van der Waals surface area contributed by atoms with Crippen molar-refractivity contribution in [3.8, 4) is 11.3 Å². The zero-order valence-corrected chi connectivity index (χ0v) is 9.47. The van der Waals surface area contributed by atoms with Gasteiger partial charge in [0.05, 0.1) is 5.69 Å². The van der Waals surface area contributed by atoms with Crippen LogP contribution in [0.2, 0.25) is 0 Å². The van der Waals surface area contributed by atoms with Crippen LogP contribution in [0.4, 0.5) is 0 Å². The highest BCUT2D eigenvalue weighted by Gasteiger charge is 2.11. The number of thiazole rings is 1. The zero-order valence-electron chi connectivity index (χ0n) is 8.65. The molecule has 3 heteroatoms. The number of ketones is 1. The van der Waals surface area contributed by atoms with Gasteiger partial charge < -0.3 is 0 Å². The van der Waals surface area contributed by atoms with Gasteiger partial charge in [0.2, 0.25) is 0 Å². The van der Waals surface area contributed by atoms with Crippen LogP contribution in [0.5, 0.6) is 0 Å². The number of hydrogen-bond donors (Lipinski definition) is 0. The van der Waals surface area contributed by atoms with Crippen molar-refractivity contribution in [1.29, 1.82) is 0 Å². The highest BCUT2D eigenvalue weighted by atomic mass is 32.1. The predicted octanol–water partition coefficient (Wildman–Crippen LogP) is 3.32. The third-order valence-electron chi connectivity index (χ3n) is 2.14. The summed E-state index contributed by atoms with van der Waals surface area (Å²) in [5.74, 6) is 0.0327. The smallest absolute Gasteiger partial charge is 0.188 e. The summed E-state index contributed by atoms with van der Waals surface area (Å²) in [6.45, 7) is 3.54. The van der Waals surface area contributed by atoms with E-state index >= 15 is 0 Å². The first-order valence-corrected chi connectivity index (χ1v) is 5.54. The molecule has 1 aromatic heterocycles. The summed E-state index contributed by atoms with van der Waals surface area (Å²) in [6, 6.07) is 9.93. The van der Waals surface area contributed by atoms with Crippen molar-refractivity contribution in [2.45, 2.75) is 13.8 Å². The molecular formula is C12H11NOS. The lowest BCUT2D eigenvalue weighted by Crippen LogP contribution is -1.89. The minimum atomic E-state index is 0.0327. The van der Waals surface area contributed by atoms with Crippen molar-refractivity contribution in [3.63, 3.8) is 0 Å². The van der Waals surface area contributed by atoms with Gasteiger partial charge in [0.15, 0.2) is 10.8 Å². The maximum atomic E-state index is 11.2. The van der Waals surface area contributed by atoms with E-state index in [9.17, 15) is 4.79 Å². The van der Waals surface area contributed by atoms with E-state index in [1.165, 1.54) is 11.3 Å². The average molecular weight is 217 g/mol. The van der Waals surface area contributed by atoms with Crippen LogP contribution < -0.4 is 0 Å². The molecule has 76 valence electrons. The molecule has 0 bridgehead atoms. The molecule has 2 nitrogen and oxygen atoms in total. The summed E-state index contributed by atoms with van der Waals surface area (Å²) >= 11 is 1.46. The molecule has 2 aromatic rings. The van der Waals surface area contributed by atoms with Gasteiger partial charge in [-0.15, -0.1) is 11.3 Å². The first kappa shape index (κ1) is 10.1. The summed E-state index contributed by atoms with van der Waals surface area (Å²) in [6.07, 6.45) is 0. The van der Waals surface area contributed by atoms with E-state index in [2.05, 4.69) is 4.98 Å². The third-order valence-corrected chi connectivity index (χ3v) is 3.22. The van der Waals surface area contributed by atoms with Crippen molar-refractivity contribution in [2.24, 2.45) is 0 Å². The van der Waals surface area contributed by atoms with Gasteiger partial charge in [-0.25, -0.2) is 4.98 Å². The van der Waals surface area contributed by atoms with Gasteiger partial charge in [0.1, 0.15) is 0 Å². The van der Waals surface area contributed by atoms with Gasteiger partial charge >= 0.3 is 0 Å². The van der Waals surface area contributed by atoms with Crippen molar-refractivity contribution < 1.29 is 4.79 Å². The number of hydrogen-bond acceptors (Lipinski definition) is 3. The second kappa shape index (κ2) is 3.95. The highest BCUT2D eigenvalue weighted by molar-refractivity contribution is 7.14. The van der Waals surface area contributed by atoms with E-state index in [1.807, 2.05) is 37.3 Å². The van der Waals surface area contributed by atoms with Crippen LogP contribution in [0, 0.1) is 6.92 Å². The molecule has 0 saturated carbocycles. The summed E-state index contributed by atoms with van der Waals surface area (Å²) in [5, 5.41) is 0.589. The first-order chi connectivity index (χ1) is 7.18. The van der Waals surface area contributed by atoms with Crippen LogP contribution in [0.3, 0.4) is 0 Å². The number of benzene rings is 1. The fourth-order valence-corrected chi connectivity index (χ4v) is 2.24. The lowest BCUT2D eigenvalue weighted by Gasteiger charge is -1.96. The summed E-state index contributed by atoms with van der Waals surface area (Å²) in [7, 11) is 0. The van der Waals surface area contributed by atoms with Crippen LogP contribution >= 0.6 is 11.3 Å². The van der Waals surface area contributed by atoms with Gasteiger partial charge in [0.25, 0.3) is 0 Å². The molecule has 2 rings (SSSR count). The number of Topliss-reactive ketones (excluding diaryl/α,β-unsaturated/α-hetero) is 1. The molecule has 1 heterocycles. The molecule has 0 radical (unpaired) electrons. The van der Waals surface area contributed by atoms with Gasteiger partial charge in [-0.1, -0.05) is 30.3 Å². The molecule has 0 atom stereocenters. The second-order valence-corrected chi connectivity index (χ2v) is 4.55. The minimum absolute atomic E-state index is 0.0327. The Labute approximate surface area is 92.6 Å². The first-order valence-electron chi connectivity index (χ1n) is 4.72. The van der Waals surface area contributed by atoms with Crippen molar-refractivity contribution >= 4 is 17.1 Å². The molecule has 0 aliphatic heterocycles. The van der Waals surface area contributed by atoms with Crippen LogP contribution in [0.1, 0.15) is 21.6 Å². The maximum absolute atomic E-state index is 11.2. The third kappa shape index (κ3) is 1.97. The van der Waals surface area contributed by atoms with Crippen molar-refractivity contribution in [3.05, 3.63) is 40.2 Å². The number of aryl methyl sites for hydroxylation is 1. The topological polar surface area (TPSA) is 30.0 Å². The fraction of sp³-hybridized carbons (Fsp3) is 0.167. The quantitative estimate of drug-likeness (QED) is 0.722. The molecular weight excluding hydrogens is 206 g/mol. The zero-order chi connectivity index (χ0) is 10.8. The SMILES string of the molecule is CC(=O)c1nc(-c2ccccc2)c(C)s1. The largest absolute Gasteiger partial charge is 0.292 e. The molecule has 1 aromatic carbocycles. The number of carbonyl (C=O) groups excluding carboxylic acids is 1. The maximum Gasteiger partial charge on any atom is 0.188 e. The highest BCUT2D eigenvalue weighted by Crippen LogP contribution is 2.27. The fourth-order valence-electron chi connectivity index (χ4n) is 1.41. The van der Waals surface area contributed by atoms with E-state index in [-0.39, 0.29) is 5.78 Å². The van der Waals surface area contributed by atoms with E-state index in [0.717, 1.165) is 16.1 Å². The molecule has 0 amide bonds. The Bertz CT molecular complexity index is 488. The van der Waals surface area contributed by atoms with Crippen molar-refractivity contribution in [1.82, 2.24) is 4.98 Å². The van der Waals surface area contributed by atoms with Crippen molar-refractivity contribution in [2.75, 3.05) is 0 Å². The number of aromatic nitrogens is 1. The summed E-state index contributed by atoms with van der Waals surface area (Å²) in [4.78, 5) is 16.6. The molecule has 0 aliphatic rings. The molecule has 0 fully saturated rings. The molecule has 0 aliphatic carbocycles. The van der Waals surface area contributed by atoms with Crippen LogP contribution in [-0.2, 0) is 0 Å². The molecule has 0 spiro atoms. The standard InChI is InChI=1S/C12H11NOS/c1-8(14)12-13-11(9(2)15-12)10-6-4-3-5-7-10/h3-7H,1-2H3. The Hall–Kier alpha value is -1.48. The van der Waals surface area contributed by atoms with Crippen LogP contribution in [-0.4, -0.2) is 10.8 Å². The van der Waals surface area contributed by atoms with Gasteiger partial charge in [0, 0.05) is 17.4 Å². The summed E-state index contributed by atoms with van der Waals surface area (Å²) < 4.78 is 0. The molecule has 0 unspecified atom stereocenters. The van der Waals surface area contributed by atoms with E-state index in [1.54, 1.807) is 6.92 Å². The Morgan fingerprint density at radius 3 is 2.47 bits per heavy atom. The number of rotatable bonds is 2. The summed E-state index contributed by atoms with van der Waals surface area (Å²) in [5.41, 5.74) is 1.99. The molecule has 0 N–H and O–H groups in total. The van der Waals surface area contributed by atoms with Gasteiger partial charge in [-0.3, -0.25) is 4.79 Å². The normalized spacial score (nSPS) is 10.3. The Morgan fingerprint density at radius 1 is 1.27 bits per heavy atom. The lowest BCUT2D eigenvalue weighted by atomic mass is 10.1. The van der Waals surface area contributed by atoms with Crippen LogP contribution in [0.15, 0.2) is 30.3 Å².